The number of halogens is 1. The summed E-state index contributed by atoms with van der Waals surface area (Å²) in [5, 5.41) is 0. The quantitative estimate of drug-likeness (QED) is 0.719. The summed E-state index contributed by atoms with van der Waals surface area (Å²) in [6, 6.07) is 7.23. The van der Waals surface area contributed by atoms with E-state index in [0.29, 0.717) is 6.42 Å². The number of piperidine rings is 1. The minimum Gasteiger partial charge on any atom is -0.329 e. The minimum absolute atomic E-state index is 0.0855. The molecular formula is C16H19IN2O2. The summed E-state index contributed by atoms with van der Waals surface area (Å²) in [4.78, 5) is 29.1. The van der Waals surface area contributed by atoms with Crippen LogP contribution in [0.15, 0.2) is 24.3 Å². The summed E-state index contributed by atoms with van der Waals surface area (Å²) in [7, 11) is 0. The van der Waals surface area contributed by atoms with Gasteiger partial charge in [0.2, 0.25) is 5.91 Å². The zero-order valence-corrected chi connectivity index (χ0v) is 14.2. The predicted molar refractivity (Wildman–Crippen MR) is 90.1 cm³/mol. The van der Waals surface area contributed by atoms with Crippen LogP contribution in [0.5, 0.6) is 0 Å². The predicted octanol–water partition coefficient (Wildman–Crippen LogP) is 2.80. The van der Waals surface area contributed by atoms with Gasteiger partial charge in [0.05, 0.1) is 0 Å². The van der Waals surface area contributed by atoms with Gasteiger partial charge in [-0.25, -0.2) is 0 Å². The van der Waals surface area contributed by atoms with E-state index in [-0.39, 0.29) is 23.9 Å². The molecular weight excluding hydrogens is 379 g/mol. The van der Waals surface area contributed by atoms with Crippen molar-refractivity contribution in [2.75, 3.05) is 11.4 Å². The van der Waals surface area contributed by atoms with Gasteiger partial charge in [0.1, 0.15) is 12.1 Å². The molecule has 1 aromatic rings. The lowest BCUT2D eigenvalue weighted by molar-refractivity contribution is -0.148. The molecule has 3 rings (SSSR count). The smallest absolute Gasteiger partial charge is 0.250 e. The third-order valence-corrected chi connectivity index (χ3v) is 5.12. The van der Waals surface area contributed by atoms with Crippen molar-refractivity contribution in [3.05, 3.63) is 27.8 Å². The zero-order valence-electron chi connectivity index (χ0n) is 12.1. The van der Waals surface area contributed by atoms with E-state index in [1.807, 2.05) is 36.1 Å². The number of amides is 2. The van der Waals surface area contributed by atoms with Crippen molar-refractivity contribution in [2.24, 2.45) is 0 Å². The lowest BCUT2D eigenvalue weighted by Gasteiger charge is -2.46. The van der Waals surface area contributed by atoms with Crippen LogP contribution in [0.3, 0.4) is 0 Å². The van der Waals surface area contributed by atoms with Gasteiger partial charge < -0.3 is 4.90 Å². The highest BCUT2D eigenvalue weighted by molar-refractivity contribution is 14.1. The van der Waals surface area contributed by atoms with Crippen LogP contribution in [0.1, 0.15) is 32.6 Å². The summed E-state index contributed by atoms with van der Waals surface area (Å²) in [5.41, 5.74) is 0.839. The molecule has 2 heterocycles. The van der Waals surface area contributed by atoms with E-state index in [2.05, 4.69) is 22.6 Å². The van der Waals surface area contributed by atoms with Crippen molar-refractivity contribution < 1.29 is 9.59 Å². The van der Waals surface area contributed by atoms with Crippen LogP contribution in [0.4, 0.5) is 5.69 Å². The Morgan fingerprint density at radius 3 is 2.52 bits per heavy atom. The van der Waals surface area contributed by atoms with Gasteiger partial charge in [-0.05, 0) is 72.5 Å². The molecule has 0 spiro atoms. The number of hydrogen-bond donors (Lipinski definition) is 0. The maximum atomic E-state index is 12.9. The summed E-state index contributed by atoms with van der Waals surface area (Å²) in [6.45, 7) is 2.70. The fraction of sp³-hybridized carbons (Fsp3) is 0.500. The number of hydrogen-bond acceptors (Lipinski definition) is 2. The van der Waals surface area contributed by atoms with E-state index in [1.54, 1.807) is 4.90 Å². The van der Waals surface area contributed by atoms with Gasteiger partial charge in [0, 0.05) is 15.8 Å². The third kappa shape index (κ3) is 2.56. The first kappa shape index (κ1) is 14.8. The van der Waals surface area contributed by atoms with Gasteiger partial charge in [-0.3, -0.25) is 14.5 Å². The second-order valence-corrected chi connectivity index (χ2v) is 6.90. The van der Waals surface area contributed by atoms with E-state index in [0.717, 1.165) is 35.1 Å². The lowest BCUT2D eigenvalue weighted by Crippen LogP contribution is -2.66. The molecule has 2 saturated heterocycles. The number of benzene rings is 1. The van der Waals surface area contributed by atoms with E-state index < -0.39 is 0 Å². The van der Waals surface area contributed by atoms with Gasteiger partial charge in [0.25, 0.3) is 5.91 Å². The van der Waals surface area contributed by atoms with Gasteiger partial charge >= 0.3 is 0 Å². The van der Waals surface area contributed by atoms with Crippen molar-refractivity contribution in [3.63, 3.8) is 0 Å². The van der Waals surface area contributed by atoms with E-state index >= 15 is 0 Å². The highest BCUT2D eigenvalue weighted by Crippen LogP contribution is 2.31. The minimum atomic E-state index is -0.355. The van der Waals surface area contributed by atoms with Crippen molar-refractivity contribution in [1.29, 1.82) is 0 Å². The number of rotatable bonds is 2. The fourth-order valence-corrected chi connectivity index (χ4v) is 3.69. The summed E-state index contributed by atoms with van der Waals surface area (Å²) in [5.74, 6) is 0.197. The van der Waals surface area contributed by atoms with Gasteiger partial charge in [-0.15, -0.1) is 0 Å². The highest BCUT2D eigenvalue weighted by Gasteiger charge is 2.46. The Hall–Kier alpha value is -1.11. The molecule has 2 aliphatic heterocycles. The summed E-state index contributed by atoms with van der Waals surface area (Å²) < 4.78 is 1.12. The molecule has 0 aromatic heterocycles. The highest BCUT2D eigenvalue weighted by atomic mass is 127. The fourth-order valence-electron chi connectivity index (χ4n) is 3.33. The van der Waals surface area contributed by atoms with Crippen LogP contribution in [0.2, 0.25) is 0 Å². The molecule has 2 amide bonds. The van der Waals surface area contributed by atoms with Crippen molar-refractivity contribution >= 4 is 40.1 Å². The topological polar surface area (TPSA) is 40.6 Å². The lowest BCUT2D eigenvalue weighted by atomic mass is 9.94. The van der Waals surface area contributed by atoms with Gasteiger partial charge in [0.15, 0.2) is 0 Å². The maximum absolute atomic E-state index is 12.9. The molecule has 0 bridgehead atoms. The molecule has 0 N–H and O–H groups in total. The van der Waals surface area contributed by atoms with Crippen molar-refractivity contribution in [1.82, 2.24) is 4.90 Å². The second-order valence-electron chi connectivity index (χ2n) is 5.65. The number of anilines is 1. The average Bonchev–Trinajstić information content (AvgIpc) is 2.52. The zero-order chi connectivity index (χ0) is 15.0. The summed E-state index contributed by atoms with van der Waals surface area (Å²) >= 11 is 2.24. The van der Waals surface area contributed by atoms with Crippen molar-refractivity contribution in [3.8, 4) is 0 Å². The molecule has 2 unspecified atom stereocenters. The second kappa shape index (κ2) is 5.94. The molecule has 2 aliphatic rings. The van der Waals surface area contributed by atoms with Crippen LogP contribution in [-0.4, -0.2) is 35.3 Å². The molecule has 0 saturated carbocycles. The van der Waals surface area contributed by atoms with Crippen LogP contribution in [0, 0.1) is 3.57 Å². The third-order valence-electron chi connectivity index (χ3n) is 4.40. The molecule has 1 aromatic carbocycles. The van der Waals surface area contributed by atoms with E-state index in [1.165, 1.54) is 0 Å². The molecule has 2 fully saturated rings. The Bertz CT molecular complexity index is 558. The van der Waals surface area contributed by atoms with Gasteiger partial charge in [-0.1, -0.05) is 6.92 Å². The SMILES string of the molecule is CCC1C(=O)N2CCCCC2C(=O)N1c1ccc(I)cc1. The largest absolute Gasteiger partial charge is 0.329 e. The van der Waals surface area contributed by atoms with E-state index in [9.17, 15) is 9.59 Å². The Kier molecular flexibility index (Phi) is 4.19. The van der Waals surface area contributed by atoms with E-state index in [4.69, 9.17) is 0 Å². The first-order chi connectivity index (χ1) is 10.1. The molecule has 5 heteroatoms. The first-order valence-corrected chi connectivity index (χ1v) is 8.60. The Balaban J connectivity index is 1.98. The molecule has 21 heavy (non-hydrogen) atoms. The Morgan fingerprint density at radius 1 is 1.14 bits per heavy atom. The first-order valence-electron chi connectivity index (χ1n) is 7.52. The molecule has 2 atom stereocenters. The van der Waals surface area contributed by atoms with Crippen molar-refractivity contribution in [2.45, 2.75) is 44.7 Å². The maximum Gasteiger partial charge on any atom is 0.250 e. The van der Waals surface area contributed by atoms with Crippen LogP contribution >= 0.6 is 22.6 Å². The standard InChI is InChI=1S/C16H19IN2O2/c1-2-13-15(20)18-10-4-3-5-14(18)16(21)19(13)12-8-6-11(17)7-9-12/h6-9,13-14H,2-5,10H2,1H3. The number of fused-ring (bicyclic) bond motifs is 1. The number of nitrogens with zero attached hydrogens (tertiary/aromatic N) is 2. The number of carbonyl (C=O) groups excluding carboxylic acids is 2. The molecule has 4 nitrogen and oxygen atoms in total. The Morgan fingerprint density at radius 2 is 1.86 bits per heavy atom. The Labute approximate surface area is 138 Å². The van der Waals surface area contributed by atoms with Gasteiger partial charge in [-0.2, -0.15) is 0 Å². The molecule has 0 aliphatic carbocycles. The van der Waals surface area contributed by atoms with Crippen LogP contribution in [-0.2, 0) is 9.59 Å². The molecule has 112 valence electrons. The monoisotopic (exact) mass is 398 g/mol. The molecule has 0 radical (unpaired) electrons. The van der Waals surface area contributed by atoms with Crippen LogP contribution in [0.25, 0.3) is 0 Å². The summed E-state index contributed by atoms with van der Waals surface area (Å²) in [6.07, 6.45) is 3.48. The normalized spacial score (nSPS) is 26.0. The number of carbonyl (C=O) groups is 2. The average molecular weight is 398 g/mol. The number of piperazine rings is 1. The van der Waals surface area contributed by atoms with Crippen LogP contribution < -0.4 is 4.90 Å².